The summed E-state index contributed by atoms with van der Waals surface area (Å²) in [5.74, 6) is 0. The number of hydrogen-bond acceptors (Lipinski definition) is 2. The lowest BCUT2D eigenvalue weighted by molar-refractivity contribution is 0.322. The summed E-state index contributed by atoms with van der Waals surface area (Å²) in [5.41, 5.74) is 0. The third-order valence-corrected chi connectivity index (χ3v) is 4.48. The van der Waals surface area contributed by atoms with Crippen molar-refractivity contribution in [1.82, 2.24) is 13.5 Å². The van der Waals surface area contributed by atoms with Gasteiger partial charge >= 0.3 is 0 Å². The van der Waals surface area contributed by atoms with E-state index >= 15 is 0 Å². The van der Waals surface area contributed by atoms with Gasteiger partial charge in [-0.2, -0.15) is 4.51 Å². The molecule has 1 aromatic rings. The molecule has 4 nitrogen and oxygen atoms in total. The van der Waals surface area contributed by atoms with Gasteiger partial charge in [0.05, 0.1) is 7.85 Å². The number of nitrogens with zero attached hydrogens (tertiary/aromatic N) is 1. The molecule has 2 atom stereocenters. The number of aromatic amines is 2. The molecule has 0 aliphatic carbocycles. The van der Waals surface area contributed by atoms with Gasteiger partial charge in [-0.15, -0.1) is 0 Å². The number of aromatic nitrogens is 3. The zero-order valence-corrected chi connectivity index (χ0v) is 6.78. The van der Waals surface area contributed by atoms with Crippen LogP contribution in [-0.4, -0.2) is 18.6 Å². The van der Waals surface area contributed by atoms with Crippen LogP contribution >= 0.6 is 24.9 Å². The molecule has 0 saturated heterocycles. The second kappa shape index (κ2) is 3.32. The largest absolute Gasteiger partial charge is 0.385 e. The molecule has 1 heterocycles. The molecule has 0 radical (unpaired) electrons. The van der Waals surface area contributed by atoms with Crippen LogP contribution in [0.4, 0.5) is 0 Å². The van der Waals surface area contributed by atoms with Crippen LogP contribution in [0.2, 0.25) is 0 Å². The maximum Gasteiger partial charge on any atom is 0.138 e. The van der Waals surface area contributed by atoms with Crippen LogP contribution < -0.4 is 0 Å². The molecule has 0 aliphatic heterocycles. The smallest absolute Gasteiger partial charge is 0.138 e. The van der Waals surface area contributed by atoms with E-state index in [-0.39, 0.29) is 6.35 Å². The predicted octanol–water partition coefficient (Wildman–Crippen LogP) is 1.41. The summed E-state index contributed by atoms with van der Waals surface area (Å²) in [7, 11) is 0.852. The van der Waals surface area contributed by atoms with E-state index in [0.717, 1.165) is 8.51 Å². The Morgan fingerprint density at radius 2 is 2.75 bits per heavy atom. The molecule has 46 valence electrons. The Hall–Kier alpha value is 0.260. The third-order valence-electron chi connectivity index (χ3n) is 0.592. The predicted molar refractivity (Wildman–Crippen MR) is 37.5 cm³/mol. The number of hydrogen-bond donors (Lipinski definition) is 3. The fourth-order valence-electron chi connectivity index (χ4n) is 0.276. The van der Waals surface area contributed by atoms with Gasteiger partial charge in [0.1, 0.15) is 14.9 Å². The first-order valence-electron chi connectivity index (χ1n) is 1.98. The number of aliphatic hydroxyl groups is 1. The highest BCUT2D eigenvalue weighted by atomic mass is 31.2. The summed E-state index contributed by atoms with van der Waals surface area (Å²) < 4.78 is 9.97. The summed E-state index contributed by atoms with van der Waals surface area (Å²) in [5, 5.41) is 8.55. The molecule has 0 amide bonds. The molecule has 1 rings (SSSR count). The van der Waals surface area contributed by atoms with Crippen molar-refractivity contribution >= 4 is 24.9 Å². The van der Waals surface area contributed by atoms with Crippen molar-refractivity contribution in [1.29, 1.82) is 0 Å². The summed E-state index contributed by atoms with van der Waals surface area (Å²) in [6.45, 7) is 0. The summed E-state index contributed by atoms with van der Waals surface area (Å²) in [6.07, 6.45) is 0.199. The Kier molecular flexibility index (Phi) is 2.65. The average Bonchev–Trinajstić information content (AvgIpc) is 1.90. The van der Waals surface area contributed by atoms with E-state index in [4.69, 9.17) is 5.11 Å². The van der Waals surface area contributed by atoms with E-state index in [1.54, 1.807) is 0 Å². The van der Waals surface area contributed by atoms with E-state index in [2.05, 4.69) is 13.5 Å². The maximum atomic E-state index is 8.55. The lowest BCUT2D eigenvalue weighted by Gasteiger charge is -1.92. The molecular weight excluding hydrogens is 163 g/mol. The van der Waals surface area contributed by atoms with E-state index in [9.17, 15) is 0 Å². The van der Waals surface area contributed by atoms with Gasteiger partial charge < -0.3 is 9.62 Å². The van der Waals surface area contributed by atoms with Crippen molar-refractivity contribution in [2.75, 3.05) is 0 Å². The molecular formula is CH6N3OP3. The fraction of sp³-hybridized carbons (Fsp3) is 1.00. The van der Waals surface area contributed by atoms with Gasteiger partial charge in [-0.3, -0.25) is 4.51 Å². The zero-order valence-electron chi connectivity index (χ0n) is 4.00. The van der Waals surface area contributed by atoms with Gasteiger partial charge in [-0.25, -0.2) is 0 Å². The first-order chi connectivity index (χ1) is 3.93. The van der Waals surface area contributed by atoms with Gasteiger partial charge in [-0.05, 0) is 0 Å². The second-order valence-electron chi connectivity index (χ2n) is 1.09. The second-order valence-corrected chi connectivity index (χ2v) is 5.15. The number of nitrogens with one attached hydrogen (secondary N) is 2. The van der Waals surface area contributed by atoms with Crippen molar-refractivity contribution < 1.29 is 5.11 Å². The molecule has 0 aromatic carbocycles. The Morgan fingerprint density at radius 1 is 1.88 bits per heavy atom. The SMILES string of the molecule is OCp1[nH]pn[pH][nH]1. The van der Waals surface area contributed by atoms with Crippen molar-refractivity contribution in [3.8, 4) is 0 Å². The normalized spacial score (nSPS) is 13.4. The lowest BCUT2D eigenvalue weighted by Crippen LogP contribution is -1.68. The van der Waals surface area contributed by atoms with E-state index in [0.29, 0.717) is 8.51 Å². The highest BCUT2D eigenvalue weighted by molar-refractivity contribution is 7.52. The Morgan fingerprint density at radius 3 is 3.12 bits per heavy atom. The first-order valence-corrected chi connectivity index (χ1v) is 5.30. The van der Waals surface area contributed by atoms with Gasteiger partial charge in [0.25, 0.3) is 0 Å². The number of aliphatic hydroxyl groups excluding tert-OH is 1. The average molecular weight is 169 g/mol. The Bertz CT molecular complexity index is 156. The van der Waals surface area contributed by atoms with Crippen LogP contribution in [-0.2, 0) is 6.35 Å². The van der Waals surface area contributed by atoms with Gasteiger partial charge in [0, 0.05) is 8.51 Å². The minimum absolute atomic E-state index is 0.199. The molecule has 0 aliphatic rings. The van der Waals surface area contributed by atoms with Crippen LogP contribution in [0.25, 0.3) is 0 Å². The molecule has 0 spiro atoms. The molecule has 0 bridgehead atoms. The molecule has 8 heavy (non-hydrogen) atoms. The van der Waals surface area contributed by atoms with E-state index < -0.39 is 7.85 Å². The van der Waals surface area contributed by atoms with E-state index in [1.165, 1.54) is 0 Å². The van der Waals surface area contributed by atoms with Crippen molar-refractivity contribution in [3.05, 3.63) is 0 Å². The Balaban J connectivity index is 2.83. The first kappa shape index (κ1) is 6.38. The van der Waals surface area contributed by atoms with Crippen LogP contribution in [0.1, 0.15) is 0 Å². The lowest BCUT2D eigenvalue weighted by atomic mass is 11.7. The third kappa shape index (κ3) is 1.65. The van der Waals surface area contributed by atoms with Crippen molar-refractivity contribution in [3.63, 3.8) is 0 Å². The molecule has 3 N–H and O–H groups in total. The number of rotatable bonds is 1. The van der Waals surface area contributed by atoms with Crippen molar-refractivity contribution in [2.45, 2.75) is 6.35 Å². The summed E-state index contributed by atoms with van der Waals surface area (Å²) >= 11 is 0. The number of H-pyrrole nitrogens is 2. The summed E-state index contributed by atoms with van der Waals surface area (Å²) in [6, 6.07) is 0. The highest BCUT2D eigenvalue weighted by Gasteiger charge is 1.80. The van der Waals surface area contributed by atoms with Crippen LogP contribution in [0.15, 0.2) is 0 Å². The van der Waals surface area contributed by atoms with Gasteiger partial charge in [-0.1, -0.05) is 0 Å². The monoisotopic (exact) mass is 169 g/mol. The van der Waals surface area contributed by atoms with Crippen LogP contribution in [0.5, 0.6) is 0 Å². The Labute approximate surface area is 50.7 Å². The molecule has 1 aromatic heterocycles. The van der Waals surface area contributed by atoms with Gasteiger partial charge in [0.2, 0.25) is 0 Å². The topological polar surface area (TPSA) is 64.7 Å². The molecule has 2 unspecified atom stereocenters. The molecule has 0 fully saturated rings. The fourth-order valence-corrected chi connectivity index (χ4v) is 3.74. The summed E-state index contributed by atoms with van der Waals surface area (Å²) in [4.78, 5) is 0. The zero-order chi connectivity index (χ0) is 5.82. The minimum Gasteiger partial charge on any atom is -0.385 e. The molecule has 7 heteroatoms. The quantitative estimate of drug-likeness (QED) is 0.594. The van der Waals surface area contributed by atoms with Crippen molar-refractivity contribution in [2.24, 2.45) is 0 Å². The molecule has 0 saturated carbocycles. The standard InChI is InChI=1S/CH6N3OP3/c5-1-8-3-6-2-7-4-8/h3,5-6H,1H2,(H,2,4). The van der Waals surface area contributed by atoms with E-state index in [1.807, 2.05) is 0 Å². The maximum absolute atomic E-state index is 8.55. The van der Waals surface area contributed by atoms with Crippen LogP contribution in [0.3, 0.4) is 0 Å². The van der Waals surface area contributed by atoms with Gasteiger partial charge in [0.15, 0.2) is 0 Å². The van der Waals surface area contributed by atoms with Crippen LogP contribution in [0, 0.1) is 0 Å². The minimum atomic E-state index is -0.508. The highest BCUT2D eigenvalue weighted by Crippen LogP contribution is 2.20.